The van der Waals surface area contributed by atoms with Crippen molar-refractivity contribution >= 4 is 22.4 Å². The Kier molecular flexibility index (Phi) is 5.04. The van der Waals surface area contributed by atoms with E-state index < -0.39 is 11.6 Å². The summed E-state index contributed by atoms with van der Waals surface area (Å²) in [6, 6.07) is 7.36. The predicted octanol–water partition coefficient (Wildman–Crippen LogP) is 4.86. The lowest BCUT2D eigenvalue weighted by atomic mass is 10.00. The third-order valence-corrected chi connectivity index (χ3v) is 4.39. The van der Waals surface area contributed by atoms with Crippen LogP contribution in [0.5, 0.6) is 11.5 Å². The van der Waals surface area contributed by atoms with Gasteiger partial charge in [-0.25, -0.2) is 8.78 Å². The molecule has 0 saturated carbocycles. The number of halogens is 3. The third kappa shape index (κ3) is 3.24. The Morgan fingerprint density at radius 3 is 2.16 bits per heavy atom. The summed E-state index contributed by atoms with van der Waals surface area (Å²) in [6.07, 6.45) is 1.64. The maximum absolute atomic E-state index is 14.0. The number of nitrogens with zero attached hydrogens (tertiary/aromatic N) is 1. The van der Waals surface area contributed by atoms with Crippen molar-refractivity contribution in [2.24, 2.45) is 0 Å². The van der Waals surface area contributed by atoms with E-state index in [1.807, 2.05) is 0 Å². The van der Waals surface area contributed by atoms with Gasteiger partial charge >= 0.3 is 0 Å². The lowest BCUT2D eigenvalue weighted by Gasteiger charge is -2.14. The molecule has 0 amide bonds. The van der Waals surface area contributed by atoms with Gasteiger partial charge in [-0.05, 0) is 35.2 Å². The average molecular weight is 364 g/mol. The van der Waals surface area contributed by atoms with Gasteiger partial charge in [0.15, 0.2) is 11.5 Å². The first-order valence-electron chi connectivity index (χ1n) is 7.60. The van der Waals surface area contributed by atoms with E-state index >= 15 is 0 Å². The van der Waals surface area contributed by atoms with Crippen molar-refractivity contribution in [1.82, 2.24) is 4.98 Å². The van der Waals surface area contributed by atoms with Crippen LogP contribution in [0.4, 0.5) is 8.78 Å². The van der Waals surface area contributed by atoms with Crippen LogP contribution >= 0.6 is 11.6 Å². The van der Waals surface area contributed by atoms with Crippen molar-refractivity contribution in [2.45, 2.75) is 12.3 Å². The van der Waals surface area contributed by atoms with Gasteiger partial charge in [0, 0.05) is 29.4 Å². The highest BCUT2D eigenvalue weighted by molar-refractivity contribution is 6.18. The van der Waals surface area contributed by atoms with Crippen LogP contribution in [-0.2, 0) is 12.3 Å². The van der Waals surface area contributed by atoms with Crippen molar-refractivity contribution < 1.29 is 18.3 Å². The van der Waals surface area contributed by atoms with E-state index in [-0.39, 0.29) is 17.9 Å². The smallest absolute Gasteiger partial charge is 0.161 e. The molecule has 130 valence electrons. The van der Waals surface area contributed by atoms with Crippen LogP contribution in [0.1, 0.15) is 16.8 Å². The number of rotatable bonds is 5. The van der Waals surface area contributed by atoms with Crippen LogP contribution in [-0.4, -0.2) is 19.2 Å². The Labute approximate surface area is 149 Å². The molecule has 0 fully saturated rings. The van der Waals surface area contributed by atoms with E-state index in [1.165, 1.54) is 25.3 Å². The number of fused-ring (bicyclic) bond motifs is 1. The molecule has 0 bridgehead atoms. The molecule has 0 aliphatic carbocycles. The average Bonchev–Trinajstić information content (AvgIpc) is 2.63. The maximum atomic E-state index is 14.0. The Morgan fingerprint density at radius 1 is 1.00 bits per heavy atom. The molecular formula is C19H16ClF2NO2. The summed E-state index contributed by atoms with van der Waals surface area (Å²) in [6.45, 7) is 0. The molecule has 0 radical (unpaired) electrons. The highest BCUT2D eigenvalue weighted by Gasteiger charge is 2.16. The summed E-state index contributed by atoms with van der Waals surface area (Å²) in [5.41, 5.74) is 1.31. The summed E-state index contributed by atoms with van der Waals surface area (Å²) in [5.74, 6) is 0.121. The SMILES string of the molecule is COc1cc2c(CCl)cnc(Cc3c(F)cccc3F)c2cc1OC. The molecule has 25 heavy (non-hydrogen) atoms. The Hall–Kier alpha value is -2.40. The minimum atomic E-state index is -0.600. The van der Waals surface area contributed by atoms with Crippen LogP contribution in [0.15, 0.2) is 36.5 Å². The number of pyridine rings is 1. The molecule has 1 heterocycles. The molecular weight excluding hydrogens is 348 g/mol. The molecule has 1 aromatic heterocycles. The highest BCUT2D eigenvalue weighted by Crippen LogP contribution is 2.36. The van der Waals surface area contributed by atoms with Gasteiger partial charge in [-0.1, -0.05) is 6.07 Å². The molecule has 3 aromatic rings. The van der Waals surface area contributed by atoms with Crippen molar-refractivity contribution in [3.63, 3.8) is 0 Å². The van der Waals surface area contributed by atoms with Gasteiger partial charge in [0.25, 0.3) is 0 Å². The zero-order valence-corrected chi connectivity index (χ0v) is 14.5. The number of alkyl halides is 1. The molecule has 0 saturated heterocycles. The highest BCUT2D eigenvalue weighted by atomic mass is 35.5. The summed E-state index contributed by atoms with van der Waals surface area (Å²) >= 11 is 6.01. The lowest BCUT2D eigenvalue weighted by Crippen LogP contribution is -2.02. The van der Waals surface area contributed by atoms with E-state index in [0.29, 0.717) is 17.2 Å². The minimum absolute atomic E-state index is 0.0209. The molecule has 0 atom stereocenters. The first-order valence-corrected chi connectivity index (χ1v) is 8.13. The van der Waals surface area contributed by atoms with E-state index in [4.69, 9.17) is 21.1 Å². The quantitative estimate of drug-likeness (QED) is 0.607. The first-order chi connectivity index (χ1) is 12.1. The molecule has 0 aliphatic rings. The van der Waals surface area contributed by atoms with Crippen molar-refractivity contribution in [3.8, 4) is 11.5 Å². The van der Waals surface area contributed by atoms with Crippen LogP contribution in [0, 0.1) is 11.6 Å². The van der Waals surface area contributed by atoms with E-state index in [1.54, 1.807) is 25.4 Å². The van der Waals surface area contributed by atoms with Crippen molar-refractivity contribution in [1.29, 1.82) is 0 Å². The van der Waals surface area contributed by atoms with Gasteiger partial charge in [-0.15, -0.1) is 11.6 Å². The molecule has 2 aromatic carbocycles. The Balaban J connectivity index is 2.22. The normalized spacial score (nSPS) is 10.9. The summed E-state index contributed by atoms with van der Waals surface area (Å²) in [5, 5.41) is 1.54. The van der Waals surface area contributed by atoms with Crippen LogP contribution in [0.2, 0.25) is 0 Å². The number of benzene rings is 2. The van der Waals surface area contributed by atoms with Gasteiger partial charge < -0.3 is 9.47 Å². The summed E-state index contributed by atoms with van der Waals surface area (Å²) < 4.78 is 38.7. The maximum Gasteiger partial charge on any atom is 0.161 e. The van der Waals surface area contributed by atoms with Gasteiger partial charge in [0.2, 0.25) is 0 Å². The Morgan fingerprint density at radius 2 is 1.60 bits per heavy atom. The zero-order chi connectivity index (χ0) is 18.0. The summed E-state index contributed by atoms with van der Waals surface area (Å²) in [4.78, 5) is 4.37. The zero-order valence-electron chi connectivity index (χ0n) is 13.8. The fourth-order valence-electron chi connectivity index (χ4n) is 2.79. The van der Waals surface area contributed by atoms with E-state index in [0.717, 1.165) is 16.3 Å². The molecule has 3 nitrogen and oxygen atoms in total. The number of aromatic nitrogens is 1. The second-order valence-corrected chi connectivity index (χ2v) is 5.76. The largest absolute Gasteiger partial charge is 0.493 e. The molecule has 0 unspecified atom stereocenters. The van der Waals surface area contributed by atoms with Crippen molar-refractivity contribution in [3.05, 3.63) is 65.0 Å². The molecule has 0 N–H and O–H groups in total. The minimum Gasteiger partial charge on any atom is -0.493 e. The topological polar surface area (TPSA) is 31.4 Å². The number of ether oxygens (including phenoxy) is 2. The standard InChI is InChI=1S/C19H16ClF2NO2/c1-24-18-7-12-11(9-20)10-23-17(13(12)8-19(18)25-2)6-14-15(21)4-3-5-16(14)22/h3-5,7-8,10H,6,9H2,1-2H3. The third-order valence-electron chi connectivity index (χ3n) is 4.11. The number of hydrogen-bond donors (Lipinski definition) is 0. The van der Waals surface area contributed by atoms with Gasteiger partial charge in [0.05, 0.1) is 19.9 Å². The molecule has 3 rings (SSSR count). The lowest BCUT2D eigenvalue weighted by molar-refractivity contribution is 0.356. The van der Waals surface area contributed by atoms with Crippen LogP contribution in [0.25, 0.3) is 10.8 Å². The number of hydrogen-bond acceptors (Lipinski definition) is 3. The molecule has 0 aliphatic heterocycles. The van der Waals surface area contributed by atoms with Gasteiger partial charge in [-0.3, -0.25) is 4.98 Å². The molecule has 6 heteroatoms. The molecule has 0 spiro atoms. The van der Waals surface area contributed by atoms with E-state index in [2.05, 4.69) is 4.98 Å². The summed E-state index contributed by atoms with van der Waals surface area (Å²) in [7, 11) is 3.07. The van der Waals surface area contributed by atoms with Crippen LogP contribution < -0.4 is 9.47 Å². The number of methoxy groups -OCH3 is 2. The monoisotopic (exact) mass is 363 g/mol. The van der Waals surface area contributed by atoms with E-state index in [9.17, 15) is 8.78 Å². The first kappa shape index (κ1) is 17.4. The second kappa shape index (κ2) is 7.23. The Bertz CT molecular complexity index is 911. The van der Waals surface area contributed by atoms with Gasteiger partial charge in [-0.2, -0.15) is 0 Å². The fraction of sp³-hybridized carbons (Fsp3) is 0.211. The van der Waals surface area contributed by atoms with Gasteiger partial charge in [0.1, 0.15) is 11.6 Å². The van der Waals surface area contributed by atoms with Crippen molar-refractivity contribution in [2.75, 3.05) is 14.2 Å². The predicted molar refractivity (Wildman–Crippen MR) is 93.6 cm³/mol. The van der Waals surface area contributed by atoms with Crippen LogP contribution in [0.3, 0.4) is 0 Å². The second-order valence-electron chi connectivity index (χ2n) is 5.49. The fourth-order valence-corrected chi connectivity index (χ4v) is 3.01.